The summed E-state index contributed by atoms with van der Waals surface area (Å²) in [6.07, 6.45) is 3.36. The molecule has 110 valence electrons. The molecule has 0 spiro atoms. The van der Waals surface area contributed by atoms with Gasteiger partial charge in [0.25, 0.3) is 5.91 Å². The van der Waals surface area contributed by atoms with E-state index in [-0.39, 0.29) is 11.3 Å². The molecule has 1 heterocycles. The first kappa shape index (κ1) is 14.8. The van der Waals surface area contributed by atoms with Crippen LogP contribution in [0.4, 0.5) is 5.82 Å². The Bertz CT molecular complexity index is 484. The van der Waals surface area contributed by atoms with Crippen molar-refractivity contribution in [3.63, 3.8) is 0 Å². The summed E-state index contributed by atoms with van der Waals surface area (Å²) in [6.45, 7) is 3.37. The molecule has 0 atom stereocenters. The number of aromatic nitrogens is 1. The fourth-order valence-electron chi connectivity index (χ4n) is 2.31. The number of amides is 1. The van der Waals surface area contributed by atoms with Crippen LogP contribution in [0.2, 0.25) is 0 Å². The smallest absolute Gasteiger partial charge is 0.251 e. The predicted molar refractivity (Wildman–Crippen MR) is 79.0 cm³/mol. The summed E-state index contributed by atoms with van der Waals surface area (Å²) in [5.74, 6) is 0.686. The highest BCUT2D eigenvalue weighted by atomic mass is 16.5. The molecule has 1 aromatic heterocycles. The Balaban J connectivity index is 1.93. The number of aryl methyl sites for hydroxylation is 1. The fourth-order valence-corrected chi connectivity index (χ4v) is 2.31. The molecule has 20 heavy (non-hydrogen) atoms. The van der Waals surface area contributed by atoms with E-state index in [1.54, 1.807) is 20.2 Å². The van der Waals surface area contributed by atoms with E-state index in [1.165, 1.54) is 12.8 Å². The maximum Gasteiger partial charge on any atom is 0.251 e. The molecule has 0 unspecified atom stereocenters. The van der Waals surface area contributed by atoms with E-state index in [1.807, 2.05) is 13.0 Å². The molecule has 0 radical (unpaired) electrons. The molecule has 5 heteroatoms. The Morgan fingerprint density at radius 3 is 2.80 bits per heavy atom. The van der Waals surface area contributed by atoms with Gasteiger partial charge in [0.1, 0.15) is 5.82 Å². The van der Waals surface area contributed by atoms with Crippen molar-refractivity contribution in [3.05, 3.63) is 23.4 Å². The number of methoxy groups -OCH3 is 1. The molecule has 2 rings (SSSR count). The van der Waals surface area contributed by atoms with Crippen molar-refractivity contribution in [2.24, 2.45) is 5.41 Å². The van der Waals surface area contributed by atoms with Crippen molar-refractivity contribution in [2.75, 3.05) is 32.6 Å². The van der Waals surface area contributed by atoms with Gasteiger partial charge >= 0.3 is 0 Å². The van der Waals surface area contributed by atoms with Gasteiger partial charge in [-0.25, -0.2) is 4.98 Å². The topological polar surface area (TPSA) is 63.2 Å². The minimum absolute atomic E-state index is 0.0318. The van der Waals surface area contributed by atoms with Gasteiger partial charge in [0.15, 0.2) is 0 Å². The predicted octanol–water partition coefficient (Wildman–Crippen LogP) is 1.98. The lowest BCUT2D eigenvalue weighted by Gasteiger charge is -2.15. The molecular weight excluding hydrogens is 254 g/mol. The largest absolute Gasteiger partial charge is 0.385 e. The third-order valence-corrected chi connectivity index (χ3v) is 3.89. The molecular formula is C15H23N3O2. The summed E-state index contributed by atoms with van der Waals surface area (Å²) >= 11 is 0. The average molecular weight is 277 g/mol. The maximum atomic E-state index is 12.2. The Morgan fingerprint density at radius 1 is 1.45 bits per heavy atom. The SMILES string of the molecule is CNc1cc(C(=O)NCC2(CCOC)CC2)cc(C)n1. The highest BCUT2D eigenvalue weighted by Crippen LogP contribution is 2.48. The first-order valence-electron chi connectivity index (χ1n) is 7.02. The van der Waals surface area contributed by atoms with Gasteiger partial charge in [-0.3, -0.25) is 4.79 Å². The van der Waals surface area contributed by atoms with Gasteiger partial charge in [-0.2, -0.15) is 0 Å². The maximum absolute atomic E-state index is 12.2. The zero-order chi connectivity index (χ0) is 14.6. The van der Waals surface area contributed by atoms with Gasteiger partial charge in [-0.05, 0) is 43.7 Å². The van der Waals surface area contributed by atoms with E-state index in [0.717, 1.165) is 31.1 Å². The average Bonchev–Trinajstić information content (AvgIpc) is 3.22. The zero-order valence-corrected chi connectivity index (χ0v) is 12.5. The number of carbonyl (C=O) groups excluding carboxylic acids is 1. The Kier molecular flexibility index (Phi) is 4.60. The lowest BCUT2D eigenvalue weighted by atomic mass is 10.0. The van der Waals surface area contributed by atoms with Crippen molar-refractivity contribution in [1.82, 2.24) is 10.3 Å². The first-order valence-corrected chi connectivity index (χ1v) is 7.02. The van der Waals surface area contributed by atoms with E-state index in [2.05, 4.69) is 15.6 Å². The third kappa shape index (κ3) is 3.70. The molecule has 1 aliphatic rings. The lowest BCUT2D eigenvalue weighted by molar-refractivity contribution is 0.0938. The van der Waals surface area contributed by atoms with Crippen LogP contribution in [0.5, 0.6) is 0 Å². The van der Waals surface area contributed by atoms with Crippen LogP contribution in [-0.2, 0) is 4.74 Å². The van der Waals surface area contributed by atoms with Crippen LogP contribution in [0.3, 0.4) is 0 Å². The van der Waals surface area contributed by atoms with Gasteiger partial charge in [0.05, 0.1) is 0 Å². The molecule has 2 N–H and O–H groups in total. The monoisotopic (exact) mass is 277 g/mol. The molecule has 0 aromatic carbocycles. The van der Waals surface area contributed by atoms with Gasteiger partial charge in [0.2, 0.25) is 0 Å². The Hall–Kier alpha value is -1.62. The molecule has 1 amide bonds. The van der Waals surface area contributed by atoms with Gasteiger partial charge < -0.3 is 15.4 Å². The number of nitrogens with zero attached hydrogens (tertiary/aromatic N) is 1. The standard InChI is InChI=1S/C15H23N3O2/c1-11-8-12(9-13(16-2)18-11)14(19)17-10-15(4-5-15)6-7-20-3/h8-9H,4-7,10H2,1-3H3,(H,16,18)(H,17,19). The number of anilines is 1. The summed E-state index contributed by atoms with van der Waals surface area (Å²) in [4.78, 5) is 16.5. The molecule has 1 aromatic rings. The molecule has 0 aliphatic heterocycles. The lowest BCUT2D eigenvalue weighted by Crippen LogP contribution is -2.31. The van der Waals surface area contributed by atoms with Crippen LogP contribution >= 0.6 is 0 Å². The normalized spacial score (nSPS) is 15.8. The van der Waals surface area contributed by atoms with Crippen molar-refractivity contribution in [1.29, 1.82) is 0 Å². The molecule has 0 bridgehead atoms. The van der Waals surface area contributed by atoms with Crippen LogP contribution in [-0.4, -0.2) is 38.2 Å². The van der Waals surface area contributed by atoms with E-state index in [4.69, 9.17) is 4.74 Å². The number of nitrogens with one attached hydrogen (secondary N) is 2. The van der Waals surface area contributed by atoms with Crippen molar-refractivity contribution in [3.8, 4) is 0 Å². The summed E-state index contributed by atoms with van der Waals surface area (Å²) in [5, 5.41) is 6.01. The number of ether oxygens (including phenoxy) is 1. The van der Waals surface area contributed by atoms with E-state index in [9.17, 15) is 4.79 Å². The Morgan fingerprint density at radius 2 is 2.20 bits per heavy atom. The second-order valence-electron chi connectivity index (χ2n) is 5.56. The summed E-state index contributed by atoms with van der Waals surface area (Å²) in [6, 6.07) is 3.59. The van der Waals surface area contributed by atoms with Crippen molar-refractivity contribution in [2.45, 2.75) is 26.2 Å². The highest BCUT2D eigenvalue weighted by molar-refractivity contribution is 5.95. The van der Waals surface area contributed by atoms with Crippen LogP contribution in [0.1, 0.15) is 35.3 Å². The van der Waals surface area contributed by atoms with E-state index in [0.29, 0.717) is 5.56 Å². The minimum atomic E-state index is -0.0318. The third-order valence-electron chi connectivity index (χ3n) is 3.89. The quantitative estimate of drug-likeness (QED) is 0.800. The van der Waals surface area contributed by atoms with E-state index < -0.39 is 0 Å². The van der Waals surface area contributed by atoms with Gasteiger partial charge in [0, 0.05) is 38.6 Å². The van der Waals surface area contributed by atoms with Gasteiger partial charge in [-0.1, -0.05) is 0 Å². The van der Waals surface area contributed by atoms with Crippen LogP contribution in [0.15, 0.2) is 12.1 Å². The van der Waals surface area contributed by atoms with Crippen LogP contribution < -0.4 is 10.6 Å². The summed E-state index contributed by atoms with van der Waals surface area (Å²) in [5.41, 5.74) is 1.76. The van der Waals surface area contributed by atoms with E-state index >= 15 is 0 Å². The number of hydrogen-bond acceptors (Lipinski definition) is 4. The second-order valence-corrected chi connectivity index (χ2v) is 5.56. The summed E-state index contributed by atoms with van der Waals surface area (Å²) < 4.78 is 5.13. The molecule has 5 nitrogen and oxygen atoms in total. The molecule has 0 saturated heterocycles. The zero-order valence-electron chi connectivity index (χ0n) is 12.5. The van der Waals surface area contributed by atoms with Crippen LogP contribution in [0.25, 0.3) is 0 Å². The number of carbonyl (C=O) groups is 1. The van der Waals surface area contributed by atoms with Crippen molar-refractivity contribution < 1.29 is 9.53 Å². The van der Waals surface area contributed by atoms with Gasteiger partial charge in [-0.15, -0.1) is 0 Å². The second kappa shape index (κ2) is 6.22. The number of rotatable bonds is 7. The minimum Gasteiger partial charge on any atom is -0.385 e. The number of pyridine rings is 1. The molecule has 1 aliphatic carbocycles. The Labute approximate surface area is 120 Å². The first-order chi connectivity index (χ1) is 9.58. The molecule has 1 saturated carbocycles. The molecule has 1 fully saturated rings. The highest BCUT2D eigenvalue weighted by Gasteiger charge is 2.42. The number of hydrogen-bond donors (Lipinski definition) is 2. The fraction of sp³-hybridized carbons (Fsp3) is 0.600. The van der Waals surface area contributed by atoms with Crippen LogP contribution in [0, 0.1) is 12.3 Å². The summed E-state index contributed by atoms with van der Waals surface area (Å²) in [7, 11) is 3.51. The van der Waals surface area contributed by atoms with Crippen molar-refractivity contribution >= 4 is 11.7 Å².